The fourth-order valence-electron chi connectivity index (χ4n) is 2.99. The predicted octanol–water partition coefficient (Wildman–Crippen LogP) is 3.39. The number of alkyl halides is 3. The monoisotopic (exact) mass is 334 g/mol. The van der Waals surface area contributed by atoms with Crippen molar-refractivity contribution in [3.8, 4) is 11.9 Å². The molecule has 1 aromatic carbocycles. The van der Waals surface area contributed by atoms with E-state index in [-0.39, 0.29) is 5.90 Å². The third-order valence-corrected chi connectivity index (χ3v) is 4.08. The molecule has 0 fully saturated rings. The molecule has 2 unspecified atom stereocenters. The Kier molecular flexibility index (Phi) is 3.59. The number of hydrogen-bond acceptors (Lipinski definition) is 4. The predicted molar refractivity (Wildman–Crippen MR) is 78.7 cm³/mol. The molecule has 0 saturated heterocycles. The van der Waals surface area contributed by atoms with E-state index in [4.69, 9.17) is 10.1 Å². The fraction of sp³-hybridized carbons (Fsp3) is 0.312. The van der Waals surface area contributed by atoms with Crippen LogP contribution in [0, 0.1) is 29.6 Å². The van der Waals surface area contributed by atoms with Crippen LogP contribution < -0.4 is 4.74 Å². The van der Waals surface area contributed by atoms with Crippen LogP contribution >= 0.6 is 0 Å². The Hall–Kier alpha value is -2.82. The molecule has 3 rings (SSSR count). The molecule has 8 heteroatoms. The highest BCUT2D eigenvalue weighted by Crippen LogP contribution is 2.44. The van der Waals surface area contributed by atoms with Crippen molar-refractivity contribution in [3.63, 3.8) is 0 Å². The van der Waals surface area contributed by atoms with Crippen LogP contribution in [0.5, 0.6) is 5.88 Å². The van der Waals surface area contributed by atoms with Crippen molar-refractivity contribution in [2.45, 2.75) is 19.0 Å². The summed E-state index contributed by atoms with van der Waals surface area (Å²) >= 11 is 0. The summed E-state index contributed by atoms with van der Waals surface area (Å²) in [6.07, 6.45) is -4.43. The molecule has 2 aromatic rings. The number of hydrogen-bond donors (Lipinski definition) is 1. The molecule has 0 saturated carbocycles. The van der Waals surface area contributed by atoms with Gasteiger partial charge in [-0.2, -0.15) is 23.5 Å². The minimum atomic E-state index is -4.43. The summed E-state index contributed by atoms with van der Waals surface area (Å²) in [5.41, 5.74) is 0.995. The second kappa shape index (κ2) is 5.37. The van der Waals surface area contributed by atoms with Gasteiger partial charge in [0.15, 0.2) is 0 Å². The van der Waals surface area contributed by atoms with Gasteiger partial charge in [-0.1, -0.05) is 12.1 Å². The first-order chi connectivity index (χ1) is 11.2. The lowest BCUT2D eigenvalue weighted by Gasteiger charge is -2.28. The average molecular weight is 334 g/mol. The number of ether oxygens (including phenoxy) is 1. The molecule has 0 radical (unpaired) electrons. The number of halogens is 3. The molecule has 1 N–H and O–H groups in total. The van der Waals surface area contributed by atoms with Gasteiger partial charge in [-0.25, -0.2) is 4.68 Å². The van der Waals surface area contributed by atoms with Gasteiger partial charge in [0.2, 0.25) is 11.8 Å². The Balaban J connectivity index is 2.14. The van der Waals surface area contributed by atoms with Gasteiger partial charge >= 0.3 is 6.18 Å². The molecule has 0 spiro atoms. The number of benzene rings is 1. The maximum Gasteiger partial charge on any atom is 0.416 e. The Labute approximate surface area is 135 Å². The van der Waals surface area contributed by atoms with Gasteiger partial charge < -0.3 is 4.74 Å². The Morgan fingerprint density at radius 2 is 1.92 bits per heavy atom. The number of nitriles is 1. The van der Waals surface area contributed by atoms with E-state index in [1.807, 2.05) is 6.07 Å². The molecular weight excluding hydrogens is 321 g/mol. The summed E-state index contributed by atoms with van der Waals surface area (Å²) in [6, 6.07) is 6.66. The van der Waals surface area contributed by atoms with Crippen molar-refractivity contribution < 1.29 is 17.9 Å². The summed E-state index contributed by atoms with van der Waals surface area (Å²) in [4.78, 5) is 0. The SMILES string of the molecule is Cc1nn(C)c2c1C(c1ccc(C(F)(F)F)cc1)C(C#N)C(=N)O2. The van der Waals surface area contributed by atoms with Crippen molar-refractivity contribution in [1.29, 1.82) is 10.7 Å². The fourth-order valence-corrected chi connectivity index (χ4v) is 2.99. The van der Waals surface area contributed by atoms with Crippen molar-refractivity contribution in [2.24, 2.45) is 13.0 Å². The standard InChI is InChI=1S/C16H13F3N4O/c1-8-12-13(9-3-5-10(6-4-9)16(17,18)19)11(7-20)14(21)24-15(12)23(2)22-8/h3-6,11,13,21H,1-2H3. The normalized spacial score (nSPS) is 20.2. The molecular formula is C16H13F3N4O. The van der Waals surface area contributed by atoms with Crippen LogP contribution in [0.3, 0.4) is 0 Å². The van der Waals surface area contributed by atoms with E-state index in [2.05, 4.69) is 5.10 Å². The van der Waals surface area contributed by atoms with Gasteiger partial charge in [0, 0.05) is 18.5 Å². The lowest BCUT2D eigenvalue weighted by atomic mass is 9.79. The second-order valence-electron chi connectivity index (χ2n) is 5.60. The number of nitrogens with one attached hydrogen (secondary N) is 1. The Bertz CT molecular complexity index is 846. The van der Waals surface area contributed by atoms with E-state index in [9.17, 15) is 18.4 Å². The summed E-state index contributed by atoms with van der Waals surface area (Å²) in [5, 5.41) is 21.6. The quantitative estimate of drug-likeness (QED) is 0.868. The lowest BCUT2D eigenvalue weighted by molar-refractivity contribution is -0.137. The van der Waals surface area contributed by atoms with Gasteiger partial charge in [-0.05, 0) is 24.6 Å². The van der Waals surface area contributed by atoms with Crippen molar-refractivity contribution >= 4 is 5.90 Å². The molecule has 2 atom stereocenters. The minimum absolute atomic E-state index is 0.238. The van der Waals surface area contributed by atoms with Crippen LogP contribution in [0.2, 0.25) is 0 Å². The Morgan fingerprint density at radius 3 is 2.46 bits per heavy atom. The zero-order chi connectivity index (χ0) is 17.6. The van der Waals surface area contributed by atoms with Crippen LogP contribution in [-0.4, -0.2) is 15.7 Å². The number of nitrogens with zero attached hydrogens (tertiary/aromatic N) is 3. The number of aromatic nitrogens is 2. The van der Waals surface area contributed by atoms with Crippen LogP contribution in [0.1, 0.15) is 28.3 Å². The second-order valence-corrected chi connectivity index (χ2v) is 5.60. The molecule has 24 heavy (non-hydrogen) atoms. The molecule has 1 aliphatic heterocycles. The highest BCUT2D eigenvalue weighted by molar-refractivity contribution is 5.84. The van der Waals surface area contributed by atoms with E-state index < -0.39 is 23.6 Å². The molecule has 5 nitrogen and oxygen atoms in total. The average Bonchev–Trinajstić information content (AvgIpc) is 2.79. The molecule has 1 aliphatic rings. The first kappa shape index (κ1) is 16.1. The third-order valence-electron chi connectivity index (χ3n) is 4.08. The van der Waals surface area contributed by atoms with E-state index in [0.29, 0.717) is 22.7 Å². The van der Waals surface area contributed by atoms with Gasteiger partial charge in [0.05, 0.1) is 17.3 Å². The van der Waals surface area contributed by atoms with Gasteiger partial charge in [-0.15, -0.1) is 0 Å². The lowest BCUT2D eigenvalue weighted by Crippen LogP contribution is -2.31. The zero-order valence-electron chi connectivity index (χ0n) is 12.8. The number of fused-ring (bicyclic) bond motifs is 1. The van der Waals surface area contributed by atoms with E-state index in [1.165, 1.54) is 16.8 Å². The molecule has 2 heterocycles. The summed E-state index contributed by atoms with van der Waals surface area (Å²) in [5.74, 6) is -1.41. The zero-order valence-corrected chi connectivity index (χ0v) is 12.8. The summed E-state index contributed by atoms with van der Waals surface area (Å²) in [7, 11) is 1.65. The molecule has 0 bridgehead atoms. The summed E-state index contributed by atoms with van der Waals surface area (Å²) in [6.45, 7) is 1.74. The first-order valence-corrected chi connectivity index (χ1v) is 7.10. The van der Waals surface area contributed by atoms with Crippen LogP contribution in [0.25, 0.3) is 0 Å². The van der Waals surface area contributed by atoms with Crippen LogP contribution in [-0.2, 0) is 13.2 Å². The number of aryl methyl sites for hydroxylation is 2. The van der Waals surface area contributed by atoms with Crippen molar-refractivity contribution in [1.82, 2.24) is 9.78 Å². The smallest absolute Gasteiger partial charge is 0.416 e. The van der Waals surface area contributed by atoms with E-state index >= 15 is 0 Å². The third kappa shape index (κ3) is 2.42. The van der Waals surface area contributed by atoms with E-state index in [0.717, 1.165) is 12.1 Å². The molecule has 1 aromatic heterocycles. The van der Waals surface area contributed by atoms with E-state index in [1.54, 1.807) is 14.0 Å². The van der Waals surface area contributed by atoms with Gasteiger partial charge in [-0.3, -0.25) is 5.41 Å². The molecule has 0 amide bonds. The molecule has 124 valence electrons. The van der Waals surface area contributed by atoms with Crippen LogP contribution in [0.15, 0.2) is 24.3 Å². The van der Waals surface area contributed by atoms with Gasteiger partial charge in [0.1, 0.15) is 5.92 Å². The van der Waals surface area contributed by atoms with Crippen LogP contribution in [0.4, 0.5) is 13.2 Å². The van der Waals surface area contributed by atoms with Crippen molar-refractivity contribution in [2.75, 3.05) is 0 Å². The highest BCUT2D eigenvalue weighted by atomic mass is 19.4. The summed E-state index contributed by atoms with van der Waals surface area (Å²) < 4.78 is 45.1. The maximum absolute atomic E-state index is 12.8. The minimum Gasteiger partial charge on any atom is -0.424 e. The molecule has 0 aliphatic carbocycles. The topological polar surface area (TPSA) is 74.7 Å². The number of rotatable bonds is 1. The largest absolute Gasteiger partial charge is 0.424 e. The highest BCUT2D eigenvalue weighted by Gasteiger charge is 2.41. The maximum atomic E-state index is 12.8. The van der Waals surface area contributed by atoms with Crippen molar-refractivity contribution in [3.05, 3.63) is 46.6 Å². The first-order valence-electron chi connectivity index (χ1n) is 7.10. The van der Waals surface area contributed by atoms with Gasteiger partial charge in [0.25, 0.3) is 0 Å². The Morgan fingerprint density at radius 1 is 1.29 bits per heavy atom.